The highest BCUT2D eigenvalue weighted by Crippen LogP contribution is 2.51. The Morgan fingerprint density at radius 3 is 2.88 bits per heavy atom. The van der Waals surface area contributed by atoms with Gasteiger partial charge in [0.2, 0.25) is 0 Å². The topological polar surface area (TPSA) is 18.5 Å². The molecular weight excluding hydrogens is 212 g/mol. The molecule has 0 bridgehead atoms. The molecule has 2 aliphatic carbocycles. The van der Waals surface area contributed by atoms with Gasteiger partial charge >= 0.3 is 0 Å². The van der Waals surface area contributed by atoms with Crippen molar-refractivity contribution < 1.29 is 9.47 Å². The number of hydrogen-bond donors (Lipinski definition) is 0. The van der Waals surface area contributed by atoms with Crippen molar-refractivity contribution in [1.29, 1.82) is 0 Å². The van der Waals surface area contributed by atoms with Crippen molar-refractivity contribution in [2.24, 2.45) is 11.3 Å². The molecule has 0 amide bonds. The molecule has 2 nitrogen and oxygen atoms in total. The molecule has 90 valence electrons. The van der Waals surface area contributed by atoms with Gasteiger partial charge in [-0.25, -0.2) is 0 Å². The molecule has 2 heteroatoms. The lowest BCUT2D eigenvalue weighted by atomic mass is 9.63. The maximum absolute atomic E-state index is 5.84. The Morgan fingerprint density at radius 1 is 1.41 bits per heavy atom. The summed E-state index contributed by atoms with van der Waals surface area (Å²) in [4.78, 5) is 0. The quantitative estimate of drug-likeness (QED) is 0.596. The molecule has 1 spiro atoms. The van der Waals surface area contributed by atoms with Gasteiger partial charge in [-0.05, 0) is 17.8 Å². The van der Waals surface area contributed by atoms with E-state index in [4.69, 9.17) is 15.9 Å². The molecule has 0 radical (unpaired) electrons. The second-order valence-electron chi connectivity index (χ2n) is 5.54. The fraction of sp³-hybridized carbons (Fsp3) is 0.600. The van der Waals surface area contributed by atoms with Crippen LogP contribution in [-0.2, 0) is 9.47 Å². The third-order valence-electron chi connectivity index (χ3n) is 4.31. The van der Waals surface area contributed by atoms with Gasteiger partial charge in [0.1, 0.15) is 0 Å². The molecule has 0 aromatic rings. The third kappa shape index (κ3) is 1.74. The largest absolute Gasteiger partial charge is 0.348 e. The van der Waals surface area contributed by atoms with E-state index in [1.165, 1.54) is 0 Å². The molecule has 0 aromatic carbocycles. The average molecular weight is 230 g/mol. The van der Waals surface area contributed by atoms with Crippen LogP contribution in [0, 0.1) is 23.7 Å². The molecule has 2 atom stereocenters. The fourth-order valence-electron chi connectivity index (χ4n) is 3.44. The smallest absolute Gasteiger partial charge is 0.169 e. The summed E-state index contributed by atoms with van der Waals surface area (Å²) in [5, 5.41) is 0. The van der Waals surface area contributed by atoms with E-state index in [1.807, 2.05) is 0 Å². The van der Waals surface area contributed by atoms with Crippen molar-refractivity contribution in [3.8, 4) is 12.3 Å². The first-order chi connectivity index (χ1) is 8.16. The fourth-order valence-corrected chi connectivity index (χ4v) is 3.44. The van der Waals surface area contributed by atoms with Crippen molar-refractivity contribution in [2.75, 3.05) is 13.2 Å². The van der Waals surface area contributed by atoms with Crippen LogP contribution in [0.1, 0.15) is 26.2 Å². The van der Waals surface area contributed by atoms with E-state index in [-0.39, 0.29) is 11.2 Å². The van der Waals surface area contributed by atoms with Crippen LogP contribution in [0.5, 0.6) is 0 Å². The van der Waals surface area contributed by atoms with Crippen LogP contribution in [0.3, 0.4) is 0 Å². The SMILES string of the molecule is C#CC1=CC2(C)CC3(CCC2C=C1)OCCO3. The molecule has 1 saturated heterocycles. The molecule has 3 rings (SSSR count). The van der Waals surface area contributed by atoms with Gasteiger partial charge < -0.3 is 9.47 Å². The number of terminal acetylenes is 1. The van der Waals surface area contributed by atoms with Gasteiger partial charge in [-0.2, -0.15) is 0 Å². The Labute approximate surface area is 103 Å². The van der Waals surface area contributed by atoms with Gasteiger partial charge in [0, 0.05) is 18.4 Å². The summed E-state index contributed by atoms with van der Waals surface area (Å²) in [5.41, 5.74) is 1.07. The van der Waals surface area contributed by atoms with Crippen LogP contribution in [0.2, 0.25) is 0 Å². The second-order valence-corrected chi connectivity index (χ2v) is 5.54. The van der Waals surface area contributed by atoms with Crippen molar-refractivity contribution in [2.45, 2.75) is 32.0 Å². The first kappa shape index (κ1) is 11.1. The van der Waals surface area contributed by atoms with Gasteiger partial charge in [0.15, 0.2) is 5.79 Å². The Balaban J connectivity index is 1.90. The Morgan fingerprint density at radius 2 is 2.18 bits per heavy atom. The molecule has 1 heterocycles. The minimum absolute atomic E-state index is 0.0824. The highest BCUT2D eigenvalue weighted by molar-refractivity contribution is 5.41. The standard InChI is InChI=1S/C15H18O2/c1-3-12-4-5-13-6-7-15(16-8-9-17-15)11-14(13,2)10-12/h1,4-5,10,13H,6-9,11H2,2H3. The Bertz CT molecular complexity index is 421. The van der Waals surface area contributed by atoms with Gasteiger partial charge in [-0.15, -0.1) is 6.42 Å². The Hall–Kier alpha value is -1.04. The van der Waals surface area contributed by atoms with E-state index in [9.17, 15) is 0 Å². The van der Waals surface area contributed by atoms with Crippen molar-refractivity contribution >= 4 is 0 Å². The number of ether oxygens (including phenoxy) is 2. The summed E-state index contributed by atoms with van der Waals surface area (Å²) in [5.74, 6) is 2.96. The predicted octanol–water partition coefficient (Wildman–Crippen LogP) is 2.67. The Kier molecular flexibility index (Phi) is 2.43. The van der Waals surface area contributed by atoms with Gasteiger partial charge in [-0.3, -0.25) is 0 Å². The number of hydrogen-bond acceptors (Lipinski definition) is 2. The summed E-state index contributed by atoms with van der Waals surface area (Å²) in [6.45, 7) is 3.72. The molecule has 0 aromatic heterocycles. The number of fused-ring (bicyclic) bond motifs is 1. The molecule has 1 aliphatic heterocycles. The number of rotatable bonds is 0. The molecule has 2 unspecified atom stereocenters. The first-order valence-electron chi connectivity index (χ1n) is 6.31. The zero-order valence-electron chi connectivity index (χ0n) is 10.2. The summed E-state index contributed by atoms with van der Waals surface area (Å²) in [6.07, 6.45) is 15.1. The van der Waals surface area contributed by atoms with Crippen LogP contribution < -0.4 is 0 Å². The summed E-state index contributed by atoms with van der Waals surface area (Å²) < 4.78 is 11.7. The van der Waals surface area contributed by atoms with Crippen LogP contribution in [0.25, 0.3) is 0 Å². The summed E-state index contributed by atoms with van der Waals surface area (Å²) in [7, 11) is 0. The molecular formula is C15H18O2. The minimum atomic E-state index is -0.341. The second kappa shape index (κ2) is 3.73. The molecule has 1 saturated carbocycles. The van der Waals surface area contributed by atoms with Crippen molar-refractivity contribution in [3.63, 3.8) is 0 Å². The van der Waals surface area contributed by atoms with E-state index in [0.717, 1.165) is 38.0 Å². The van der Waals surface area contributed by atoms with Crippen molar-refractivity contribution in [3.05, 3.63) is 23.8 Å². The predicted molar refractivity (Wildman–Crippen MR) is 66.1 cm³/mol. The van der Waals surface area contributed by atoms with E-state index in [0.29, 0.717) is 5.92 Å². The maximum atomic E-state index is 5.84. The lowest BCUT2D eigenvalue weighted by molar-refractivity contribution is -0.200. The first-order valence-corrected chi connectivity index (χ1v) is 6.31. The molecule has 17 heavy (non-hydrogen) atoms. The van der Waals surface area contributed by atoms with E-state index in [1.54, 1.807) is 0 Å². The van der Waals surface area contributed by atoms with E-state index >= 15 is 0 Å². The molecule has 2 fully saturated rings. The van der Waals surface area contributed by atoms with Gasteiger partial charge in [-0.1, -0.05) is 31.1 Å². The van der Waals surface area contributed by atoms with Crippen LogP contribution in [0.15, 0.2) is 23.8 Å². The lowest BCUT2D eigenvalue weighted by Crippen LogP contribution is -2.45. The highest BCUT2D eigenvalue weighted by atomic mass is 16.7. The third-order valence-corrected chi connectivity index (χ3v) is 4.31. The highest BCUT2D eigenvalue weighted by Gasteiger charge is 2.49. The number of allylic oxidation sites excluding steroid dienone is 4. The van der Waals surface area contributed by atoms with Crippen LogP contribution in [-0.4, -0.2) is 19.0 Å². The van der Waals surface area contributed by atoms with Crippen molar-refractivity contribution in [1.82, 2.24) is 0 Å². The van der Waals surface area contributed by atoms with Crippen LogP contribution in [0.4, 0.5) is 0 Å². The average Bonchev–Trinajstić information content (AvgIpc) is 2.75. The summed E-state index contributed by atoms with van der Waals surface area (Å²) in [6, 6.07) is 0. The van der Waals surface area contributed by atoms with Gasteiger partial charge in [0.05, 0.1) is 13.2 Å². The van der Waals surface area contributed by atoms with Gasteiger partial charge in [0.25, 0.3) is 0 Å². The van der Waals surface area contributed by atoms with E-state index in [2.05, 4.69) is 31.1 Å². The minimum Gasteiger partial charge on any atom is -0.348 e. The zero-order chi connectivity index (χ0) is 11.9. The normalized spacial score (nSPS) is 38.6. The maximum Gasteiger partial charge on any atom is 0.169 e. The van der Waals surface area contributed by atoms with E-state index < -0.39 is 0 Å². The zero-order valence-corrected chi connectivity index (χ0v) is 10.2. The molecule has 0 N–H and O–H groups in total. The van der Waals surface area contributed by atoms with Crippen LogP contribution >= 0.6 is 0 Å². The monoisotopic (exact) mass is 230 g/mol. The lowest BCUT2D eigenvalue weighted by Gasteiger charge is -2.47. The molecule has 3 aliphatic rings. The summed E-state index contributed by atoms with van der Waals surface area (Å²) >= 11 is 0.